The number of hydrogen-bond acceptors (Lipinski definition) is 7. The van der Waals surface area contributed by atoms with E-state index in [9.17, 15) is 17.6 Å². The van der Waals surface area contributed by atoms with Crippen LogP contribution in [0.1, 0.15) is 12.8 Å². The second-order valence-corrected chi connectivity index (χ2v) is 10.0. The number of esters is 1. The topological polar surface area (TPSA) is 79.8 Å². The molecule has 27 heavy (non-hydrogen) atoms. The maximum Gasteiger partial charge on any atom is 0.309 e. The molecule has 0 unspecified atom stereocenters. The average Bonchev–Trinajstić information content (AvgIpc) is 2.99. The molecule has 3 heterocycles. The van der Waals surface area contributed by atoms with Gasteiger partial charge in [0.2, 0.25) is 10.0 Å². The van der Waals surface area contributed by atoms with Gasteiger partial charge in [0, 0.05) is 13.1 Å². The van der Waals surface area contributed by atoms with Crippen LogP contribution in [0.3, 0.4) is 0 Å². The zero-order chi connectivity index (χ0) is 19.2. The summed E-state index contributed by atoms with van der Waals surface area (Å²) >= 11 is 1.42. The van der Waals surface area contributed by atoms with Crippen molar-refractivity contribution in [1.82, 2.24) is 9.29 Å². The zero-order valence-electron chi connectivity index (χ0n) is 14.8. The van der Waals surface area contributed by atoms with E-state index in [4.69, 9.17) is 4.74 Å². The minimum Gasteiger partial charge on any atom is -0.458 e. The van der Waals surface area contributed by atoms with E-state index in [-0.39, 0.29) is 23.8 Å². The molecule has 10 heteroatoms. The van der Waals surface area contributed by atoms with Gasteiger partial charge in [-0.2, -0.15) is 0 Å². The van der Waals surface area contributed by atoms with Gasteiger partial charge in [-0.25, -0.2) is 22.1 Å². The molecule has 0 aliphatic carbocycles. The Labute approximate surface area is 160 Å². The molecular formula is C17H20FN3O4S2. The highest BCUT2D eigenvalue weighted by Gasteiger charge is 2.36. The third kappa shape index (κ3) is 3.92. The maximum absolute atomic E-state index is 13.3. The molecule has 146 valence electrons. The van der Waals surface area contributed by atoms with Gasteiger partial charge in [-0.05, 0) is 31.0 Å². The highest BCUT2D eigenvalue weighted by atomic mass is 32.2. The molecule has 4 rings (SSSR count). The van der Waals surface area contributed by atoms with Crippen molar-refractivity contribution in [3.63, 3.8) is 0 Å². The van der Waals surface area contributed by atoms with Gasteiger partial charge in [0.1, 0.15) is 11.9 Å². The van der Waals surface area contributed by atoms with Crippen LogP contribution in [0.5, 0.6) is 0 Å². The number of rotatable bonds is 4. The summed E-state index contributed by atoms with van der Waals surface area (Å²) in [7, 11) is -3.20. The fourth-order valence-electron chi connectivity index (χ4n) is 3.37. The van der Waals surface area contributed by atoms with Gasteiger partial charge in [-0.3, -0.25) is 4.79 Å². The average molecular weight is 413 g/mol. The van der Waals surface area contributed by atoms with Gasteiger partial charge in [-0.1, -0.05) is 11.3 Å². The Morgan fingerprint density at radius 2 is 2.00 bits per heavy atom. The third-order valence-corrected chi connectivity index (χ3v) is 7.38. The van der Waals surface area contributed by atoms with Crippen LogP contribution in [0.15, 0.2) is 18.2 Å². The van der Waals surface area contributed by atoms with Crippen molar-refractivity contribution in [3.05, 3.63) is 24.0 Å². The number of carbonyl (C=O) groups is 1. The summed E-state index contributed by atoms with van der Waals surface area (Å²) < 4.78 is 44.1. The van der Waals surface area contributed by atoms with Crippen LogP contribution in [0.4, 0.5) is 9.52 Å². The minimum absolute atomic E-state index is 0.186. The van der Waals surface area contributed by atoms with Gasteiger partial charge >= 0.3 is 5.97 Å². The van der Waals surface area contributed by atoms with E-state index in [0.717, 1.165) is 15.3 Å². The number of aromatic nitrogens is 1. The smallest absolute Gasteiger partial charge is 0.309 e. The van der Waals surface area contributed by atoms with E-state index in [2.05, 4.69) is 4.98 Å². The predicted octanol–water partition coefficient (Wildman–Crippen LogP) is 1.84. The van der Waals surface area contributed by atoms with Crippen LogP contribution in [0.2, 0.25) is 0 Å². The molecule has 0 N–H and O–H groups in total. The number of fused-ring (bicyclic) bond motifs is 1. The fourth-order valence-corrected chi connectivity index (χ4v) is 5.26. The highest BCUT2D eigenvalue weighted by Crippen LogP contribution is 2.32. The van der Waals surface area contributed by atoms with Crippen molar-refractivity contribution < 1.29 is 22.3 Å². The number of hydrogen-bond donors (Lipinski definition) is 0. The van der Waals surface area contributed by atoms with Crippen molar-refractivity contribution in [1.29, 1.82) is 0 Å². The van der Waals surface area contributed by atoms with E-state index >= 15 is 0 Å². The summed E-state index contributed by atoms with van der Waals surface area (Å²) in [6.07, 6.45) is 1.98. The molecule has 0 atom stereocenters. The van der Waals surface area contributed by atoms with Gasteiger partial charge in [0.05, 0.1) is 35.5 Å². The van der Waals surface area contributed by atoms with Gasteiger partial charge in [0.15, 0.2) is 5.13 Å². The van der Waals surface area contributed by atoms with E-state index in [1.54, 1.807) is 6.07 Å². The summed E-state index contributed by atoms with van der Waals surface area (Å²) in [5.41, 5.74) is 0.759. The normalized spacial score (nSPS) is 20.0. The fraction of sp³-hybridized carbons (Fsp3) is 0.529. The standard InChI is InChI=1S/C17H20FN3O4S2/c1-27(23,24)21-6-4-11(5-7-21)16(22)25-13-9-20(10-13)17-19-14-3-2-12(18)8-15(14)26-17/h2-3,8,11,13H,4-7,9-10H2,1H3. The SMILES string of the molecule is CS(=O)(=O)N1CCC(C(=O)OC2CN(c3nc4ccc(F)cc4s3)C2)CC1. The first-order chi connectivity index (χ1) is 12.8. The Bertz CT molecular complexity index is 964. The summed E-state index contributed by atoms with van der Waals surface area (Å²) in [5.74, 6) is -0.781. The molecule has 1 aromatic carbocycles. The Morgan fingerprint density at radius 1 is 1.30 bits per heavy atom. The number of benzene rings is 1. The molecule has 0 radical (unpaired) electrons. The number of piperidine rings is 1. The number of halogens is 1. The van der Waals surface area contributed by atoms with Crippen molar-refractivity contribution >= 4 is 42.7 Å². The monoisotopic (exact) mass is 413 g/mol. The van der Waals surface area contributed by atoms with E-state index < -0.39 is 10.0 Å². The number of carbonyl (C=O) groups excluding carboxylic acids is 1. The number of anilines is 1. The van der Waals surface area contributed by atoms with Crippen molar-refractivity contribution in [2.75, 3.05) is 37.3 Å². The highest BCUT2D eigenvalue weighted by molar-refractivity contribution is 7.88. The first-order valence-electron chi connectivity index (χ1n) is 8.76. The Hall–Kier alpha value is -1.78. The van der Waals surface area contributed by atoms with Gasteiger partial charge in [-0.15, -0.1) is 0 Å². The third-order valence-electron chi connectivity index (χ3n) is 5.00. The second-order valence-electron chi connectivity index (χ2n) is 7.01. The lowest BCUT2D eigenvalue weighted by Crippen LogP contribution is -2.54. The molecule has 1 aromatic heterocycles. The van der Waals surface area contributed by atoms with E-state index in [1.165, 1.54) is 34.0 Å². The van der Waals surface area contributed by atoms with E-state index in [0.29, 0.717) is 39.0 Å². The molecule has 2 saturated heterocycles. The summed E-state index contributed by atoms with van der Waals surface area (Å²) in [6.45, 7) is 1.85. The lowest BCUT2D eigenvalue weighted by Gasteiger charge is -2.39. The van der Waals surface area contributed by atoms with Crippen molar-refractivity contribution in [2.24, 2.45) is 5.92 Å². The minimum atomic E-state index is -3.20. The Kier molecular flexibility index (Phi) is 4.81. The number of nitrogens with zero attached hydrogens (tertiary/aromatic N) is 3. The molecule has 0 bridgehead atoms. The Balaban J connectivity index is 1.28. The molecule has 7 nitrogen and oxygen atoms in total. The van der Waals surface area contributed by atoms with Gasteiger partial charge in [0.25, 0.3) is 0 Å². The number of ether oxygens (including phenoxy) is 1. The van der Waals surface area contributed by atoms with Crippen LogP contribution in [-0.2, 0) is 19.6 Å². The van der Waals surface area contributed by atoms with Gasteiger partial charge < -0.3 is 9.64 Å². The lowest BCUT2D eigenvalue weighted by atomic mass is 9.98. The molecule has 2 fully saturated rings. The van der Waals surface area contributed by atoms with Crippen LogP contribution in [0, 0.1) is 11.7 Å². The molecule has 0 amide bonds. The molecule has 0 spiro atoms. The van der Waals surface area contributed by atoms with Crippen molar-refractivity contribution in [2.45, 2.75) is 18.9 Å². The molecule has 0 saturated carbocycles. The quantitative estimate of drug-likeness (QED) is 0.712. The van der Waals surface area contributed by atoms with Crippen LogP contribution in [-0.4, -0.2) is 62.2 Å². The second kappa shape index (κ2) is 6.99. The first-order valence-corrected chi connectivity index (χ1v) is 11.4. The molecule has 2 aliphatic rings. The van der Waals surface area contributed by atoms with Crippen LogP contribution < -0.4 is 4.90 Å². The lowest BCUT2D eigenvalue weighted by molar-refractivity contribution is -0.156. The summed E-state index contributed by atoms with van der Waals surface area (Å²) in [6, 6.07) is 4.52. The summed E-state index contributed by atoms with van der Waals surface area (Å²) in [4.78, 5) is 18.8. The number of thiazole rings is 1. The molecule has 2 aromatic rings. The largest absolute Gasteiger partial charge is 0.458 e. The Morgan fingerprint density at radius 3 is 2.67 bits per heavy atom. The maximum atomic E-state index is 13.3. The predicted molar refractivity (Wildman–Crippen MR) is 101 cm³/mol. The van der Waals surface area contributed by atoms with Crippen LogP contribution >= 0.6 is 11.3 Å². The molecular weight excluding hydrogens is 393 g/mol. The van der Waals surface area contributed by atoms with E-state index in [1.807, 2.05) is 4.90 Å². The van der Waals surface area contributed by atoms with Crippen molar-refractivity contribution in [3.8, 4) is 0 Å². The number of sulfonamides is 1. The first kappa shape index (κ1) is 18.6. The molecule has 2 aliphatic heterocycles. The zero-order valence-corrected chi connectivity index (χ0v) is 16.4. The van der Waals surface area contributed by atoms with Crippen LogP contribution in [0.25, 0.3) is 10.2 Å². The summed E-state index contributed by atoms with van der Waals surface area (Å²) in [5, 5.41) is 0.796.